The number of rotatable bonds is 7. The van der Waals surface area contributed by atoms with Crippen molar-refractivity contribution in [2.75, 3.05) is 31.6 Å². The van der Waals surface area contributed by atoms with Crippen LogP contribution in [-0.2, 0) is 21.3 Å². The fourth-order valence-electron chi connectivity index (χ4n) is 3.52. The Morgan fingerprint density at radius 2 is 1.84 bits per heavy atom. The lowest BCUT2D eigenvalue weighted by molar-refractivity contribution is 0.0730. The number of hydrogen-bond donors (Lipinski definition) is 1. The molecule has 4 rings (SSSR count). The molecule has 1 N–H and O–H groups in total. The van der Waals surface area contributed by atoms with Gasteiger partial charge in [0.05, 0.1) is 24.6 Å². The fourth-order valence-corrected chi connectivity index (χ4v) is 4.87. The van der Waals surface area contributed by atoms with Gasteiger partial charge in [-0.05, 0) is 30.2 Å². The van der Waals surface area contributed by atoms with E-state index < -0.39 is 10.0 Å². The van der Waals surface area contributed by atoms with Crippen molar-refractivity contribution < 1.29 is 13.2 Å². The largest absolute Gasteiger partial charge is 0.379 e. The number of anilines is 1. The summed E-state index contributed by atoms with van der Waals surface area (Å²) in [6, 6.07) is 13.3. The van der Waals surface area contributed by atoms with E-state index in [1.165, 1.54) is 10.5 Å². The van der Waals surface area contributed by atoms with Gasteiger partial charge in [-0.2, -0.15) is 9.40 Å². The van der Waals surface area contributed by atoms with E-state index in [-0.39, 0.29) is 10.8 Å². The van der Waals surface area contributed by atoms with Crippen molar-refractivity contribution in [1.82, 2.24) is 19.1 Å². The van der Waals surface area contributed by atoms with E-state index in [4.69, 9.17) is 9.84 Å². The van der Waals surface area contributed by atoms with Crippen LogP contribution in [0.5, 0.6) is 0 Å². The first kappa shape index (κ1) is 21.5. The zero-order valence-corrected chi connectivity index (χ0v) is 18.5. The van der Waals surface area contributed by atoms with Gasteiger partial charge in [-0.1, -0.05) is 32.0 Å². The number of nitrogens with zero attached hydrogens (tertiary/aromatic N) is 4. The predicted octanol–water partition coefficient (Wildman–Crippen LogP) is 3.02. The number of morpholine rings is 1. The van der Waals surface area contributed by atoms with Crippen molar-refractivity contribution in [1.29, 1.82) is 0 Å². The zero-order valence-electron chi connectivity index (χ0n) is 17.7. The molecule has 1 aromatic carbocycles. The van der Waals surface area contributed by atoms with Gasteiger partial charge >= 0.3 is 0 Å². The number of hydrogen-bond acceptors (Lipinski definition) is 6. The van der Waals surface area contributed by atoms with E-state index in [1.54, 1.807) is 12.1 Å². The molecule has 31 heavy (non-hydrogen) atoms. The van der Waals surface area contributed by atoms with Crippen molar-refractivity contribution in [2.45, 2.75) is 31.2 Å². The molecule has 1 saturated heterocycles. The first-order valence-corrected chi connectivity index (χ1v) is 11.8. The first-order valence-electron chi connectivity index (χ1n) is 10.4. The van der Waals surface area contributed by atoms with Crippen molar-refractivity contribution in [3.05, 3.63) is 66.1 Å². The van der Waals surface area contributed by atoms with Crippen LogP contribution >= 0.6 is 0 Å². The number of pyridine rings is 1. The van der Waals surface area contributed by atoms with Gasteiger partial charge in [-0.15, -0.1) is 0 Å². The molecule has 0 saturated carbocycles. The molecule has 0 spiro atoms. The van der Waals surface area contributed by atoms with E-state index >= 15 is 0 Å². The van der Waals surface area contributed by atoms with Crippen LogP contribution in [0.3, 0.4) is 0 Å². The van der Waals surface area contributed by atoms with Gasteiger partial charge < -0.3 is 10.1 Å². The molecule has 3 aromatic rings. The molecule has 1 fully saturated rings. The minimum absolute atomic E-state index is 0.194. The van der Waals surface area contributed by atoms with Crippen LogP contribution in [0.4, 0.5) is 5.82 Å². The average Bonchev–Trinajstić information content (AvgIpc) is 3.24. The number of ether oxygens (including phenoxy) is 1. The van der Waals surface area contributed by atoms with Crippen LogP contribution in [-0.4, -0.2) is 53.8 Å². The van der Waals surface area contributed by atoms with Crippen molar-refractivity contribution in [3.8, 4) is 5.69 Å². The maximum atomic E-state index is 12.7. The van der Waals surface area contributed by atoms with Crippen LogP contribution < -0.4 is 5.32 Å². The van der Waals surface area contributed by atoms with Crippen molar-refractivity contribution >= 4 is 15.8 Å². The maximum absolute atomic E-state index is 12.7. The standard InChI is InChI=1S/C22H27N5O3S/c1-17(2)22-18(16-27(25-22)19-6-4-3-5-7-19)14-23-21-9-8-20(15-24-21)31(28,29)26-10-12-30-13-11-26/h3-9,15-17H,10-14H2,1-2H3,(H,23,24). The Hall–Kier alpha value is -2.75. The Bertz CT molecular complexity index is 1110. The molecule has 1 aliphatic rings. The highest BCUT2D eigenvalue weighted by Crippen LogP contribution is 2.22. The number of nitrogens with one attached hydrogen (secondary N) is 1. The van der Waals surface area contributed by atoms with Crippen molar-refractivity contribution in [3.63, 3.8) is 0 Å². The van der Waals surface area contributed by atoms with E-state index in [0.717, 1.165) is 16.9 Å². The summed E-state index contributed by atoms with van der Waals surface area (Å²) in [5.41, 5.74) is 3.10. The highest BCUT2D eigenvalue weighted by molar-refractivity contribution is 7.89. The lowest BCUT2D eigenvalue weighted by Crippen LogP contribution is -2.40. The average molecular weight is 442 g/mol. The fraction of sp³-hybridized carbons (Fsp3) is 0.364. The molecule has 0 aliphatic carbocycles. The normalized spacial score (nSPS) is 15.3. The van der Waals surface area contributed by atoms with Gasteiger partial charge in [0.15, 0.2) is 0 Å². The monoisotopic (exact) mass is 441 g/mol. The second-order valence-corrected chi connectivity index (χ2v) is 9.66. The second kappa shape index (κ2) is 9.17. The third kappa shape index (κ3) is 4.79. The number of benzene rings is 1. The lowest BCUT2D eigenvalue weighted by atomic mass is 10.1. The summed E-state index contributed by atoms with van der Waals surface area (Å²) in [5.74, 6) is 0.888. The topological polar surface area (TPSA) is 89.4 Å². The van der Waals surface area contributed by atoms with E-state index in [1.807, 2.05) is 41.2 Å². The summed E-state index contributed by atoms with van der Waals surface area (Å²) in [6.07, 6.45) is 3.43. The Balaban J connectivity index is 1.47. The molecule has 2 aromatic heterocycles. The molecule has 3 heterocycles. The quantitative estimate of drug-likeness (QED) is 0.606. The molecule has 0 radical (unpaired) electrons. The SMILES string of the molecule is CC(C)c1nn(-c2ccccc2)cc1CNc1ccc(S(=O)(=O)N2CCOCC2)cn1. The Kier molecular flexibility index (Phi) is 6.35. The molecule has 164 valence electrons. The molecule has 1 aliphatic heterocycles. The Morgan fingerprint density at radius 3 is 2.48 bits per heavy atom. The molecule has 0 bridgehead atoms. The summed E-state index contributed by atoms with van der Waals surface area (Å²) >= 11 is 0. The summed E-state index contributed by atoms with van der Waals surface area (Å²) in [7, 11) is -3.54. The summed E-state index contributed by atoms with van der Waals surface area (Å²) in [4.78, 5) is 4.51. The molecular weight excluding hydrogens is 414 g/mol. The van der Waals surface area contributed by atoms with Crippen LogP contribution in [0.1, 0.15) is 31.0 Å². The molecule has 0 amide bonds. The second-order valence-electron chi connectivity index (χ2n) is 7.72. The summed E-state index contributed by atoms with van der Waals surface area (Å²) < 4.78 is 34.0. The third-order valence-electron chi connectivity index (χ3n) is 5.19. The minimum atomic E-state index is -3.54. The molecule has 0 atom stereocenters. The molecule has 8 nitrogen and oxygen atoms in total. The Morgan fingerprint density at radius 1 is 1.10 bits per heavy atom. The first-order chi connectivity index (χ1) is 14.9. The molecule has 9 heteroatoms. The number of sulfonamides is 1. The van der Waals surface area contributed by atoms with Gasteiger partial charge in [-0.3, -0.25) is 0 Å². The van der Waals surface area contributed by atoms with Crippen LogP contribution in [0, 0.1) is 0 Å². The van der Waals surface area contributed by atoms with Crippen LogP contribution in [0.25, 0.3) is 5.69 Å². The van der Waals surface area contributed by atoms with E-state index in [9.17, 15) is 8.42 Å². The number of aromatic nitrogens is 3. The molecule has 0 unspecified atom stereocenters. The Labute approximate surface area is 182 Å². The lowest BCUT2D eigenvalue weighted by Gasteiger charge is -2.25. The highest BCUT2D eigenvalue weighted by Gasteiger charge is 2.26. The minimum Gasteiger partial charge on any atom is -0.379 e. The van der Waals surface area contributed by atoms with E-state index in [0.29, 0.717) is 38.7 Å². The summed E-state index contributed by atoms with van der Waals surface area (Å²) in [6.45, 7) is 6.35. The molecular formula is C22H27N5O3S. The van der Waals surface area contributed by atoms with Crippen LogP contribution in [0.15, 0.2) is 59.8 Å². The van der Waals surface area contributed by atoms with Gasteiger partial charge in [0.1, 0.15) is 10.7 Å². The van der Waals surface area contributed by atoms with E-state index in [2.05, 4.69) is 24.1 Å². The summed E-state index contributed by atoms with van der Waals surface area (Å²) in [5, 5.41) is 8.04. The van der Waals surface area contributed by atoms with Gasteiger partial charge in [0.25, 0.3) is 0 Å². The van der Waals surface area contributed by atoms with Gasteiger partial charge in [0.2, 0.25) is 10.0 Å². The third-order valence-corrected chi connectivity index (χ3v) is 7.08. The highest BCUT2D eigenvalue weighted by atomic mass is 32.2. The van der Waals surface area contributed by atoms with Gasteiger partial charge in [-0.25, -0.2) is 18.1 Å². The van der Waals surface area contributed by atoms with Gasteiger partial charge in [0, 0.05) is 37.6 Å². The maximum Gasteiger partial charge on any atom is 0.244 e. The predicted molar refractivity (Wildman–Crippen MR) is 119 cm³/mol. The smallest absolute Gasteiger partial charge is 0.244 e. The van der Waals surface area contributed by atoms with Crippen LogP contribution in [0.2, 0.25) is 0 Å². The van der Waals surface area contributed by atoms with Crippen molar-refractivity contribution in [2.24, 2.45) is 0 Å². The zero-order chi connectivity index (χ0) is 21.8. The number of para-hydroxylation sites is 1.